The first-order valence-corrected chi connectivity index (χ1v) is 7.34. The van der Waals surface area contributed by atoms with Crippen LogP contribution in [0, 0.1) is 5.92 Å². The van der Waals surface area contributed by atoms with Crippen molar-refractivity contribution < 1.29 is 14.7 Å². The van der Waals surface area contributed by atoms with Gasteiger partial charge in [-0.05, 0) is 42.9 Å². The Labute approximate surface area is 124 Å². The molecular formula is C16H22N2O3. The molecule has 5 nitrogen and oxygen atoms in total. The largest absolute Gasteiger partial charge is 0.393 e. The number of hydrogen-bond acceptors (Lipinski definition) is 3. The molecule has 0 aromatic heterocycles. The van der Waals surface area contributed by atoms with Gasteiger partial charge in [0, 0.05) is 19.2 Å². The summed E-state index contributed by atoms with van der Waals surface area (Å²) in [5.41, 5.74) is 1.64. The third-order valence-electron chi connectivity index (χ3n) is 3.74. The number of nitrogens with one attached hydrogen (secondary N) is 2. The topological polar surface area (TPSA) is 78.4 Å². The number of carbonyl (C=O) groups excluding carboxylic acids is 2. The molecule has 114 valence electrons. The van der Waals surface area contributed by atoms with Crippen molar-refractivity contribution in [3.8, 4) is 0 Å². The van der Waals surface area contributed by atoms with Crippen LogP contribution in [0.1, 0.15) is 31.7 Å². The molecule has 2 atom stereocenters. The number of amides is 2. The number of anilines is 1. The summed E-state index contributed by atoms with van der Waals surface area (Å²) in [6, 6.07) is 7.25. The summed E-state index contributed by atoms with van der Waals surface area (Å²) in [7, 11) is 0. The van der Waals surface area contributed by atoms with Gasteiger partial charge in [0.05, 0.1) is 12.5 Å². The predicted octanol–water partition coefficient (Wildman–Crippen LogP) is 1.46. The first kappa shape index (κ1) is 15.5. The van der Waals surface area contributed by atoms with E-state index in [4.69, 9.17) is 0 Å². The molecule has 0 bridgehead atoms. The van der Waals surface area contributed by atoms with Crippen LogP contribution in [0.25, 0.3) is 0 Å². The fraction of sp³-hybridized carbons (Fsp3) is 0.500. The molecule has 1 aromatic rings. The standard InChI is InChI=1S/C16H22N2O3/c1-11(19)18-14-5-2-12(3-6-14)9-16(21)17-10-13-4-7-15(20)8-13/h2-3,5-6,13,15,20H,4,7-10H2,1H3,(H,17,21)(H,18,19). The molecular weight excluding hydrogens is 268 g/mol. The van der Waals surface area contributed by atoms with Gasteiger partial charge in [0.2, 0.25) is 11.8 Å². The molecule has 2 amide bonds. The summed E-state index contributed by atoms with van der Waals surface area (Å²) in [4.78, 5) is 22.8. The van der Waals surface area contributed by atoms with E-state index in [1.54, 1.807) is 12.1 Å². The van der Waals surface area contributed by atoms with E-state index < -0.39 is 0 Å². The smallest absolute Gasteiger partial charge is 0.224 e. The fourth-order valence-corrected chi connectivity index (χ4v) is 2.65. The molecule has 0 spiro atoms. The molecule has 0 radical (unpaired) electrons. The summed E-state index contributed by atoms with van der Waals surface area (Å²) in [5.74, 6) is 0.272. The molecule has 3 N–H and O–H groups in total. The van der Waals surface area contributed by atoms with Gasteiger partial charge in [-0.2, -0.15) is 0 Å². The number of hydrogen-bond donors (Lipinski definition) is 3. The molecule has 0 heterocycles. The van der Waals surface area contributed by atoms with E-state index in [1.807, 2.05) is 12.1 Å². The lowest BCUT2D eigenvalue weighted by Gasteiger charge is -2.11. The third kappa shape index (κ3) is 5.19. The molecule has 0 aliphatic heterocycles. The highest BCUT2D eigenvalue weighted by Gasteiger charge is 2.22. The van der Waals surface area contributed by atoms with Crippen LogP contribution >= 0.6 is 0 Å². The van der Waals surface area contributed by atoms with E-state index in [0.717, 1.165) is 30.5 Å². The van der Waals surface area contributed by atoms with Gasteiger partial charge in [0.1, 0.15) is 0 Å². The Balaban J connectivity index is 1.75. The van der Waals surface area contributed by atoms with Crippen LogP contribution in [0.3, 0.4) is 0 Å². The normalized spacial score (nSPS) is 21.0. The van der Waals surface area contributed by atoms with E-state index in [1.165, 1.54) is 6.92 Å². The Morgan fingerprint density at radius 1 is 1.24 bits per heavy atom. The summed E-state index contributed by atoms with van der Waals surface area (Å²) >= 11 is 0. The third-order valence-corrected chi connectivity index (χ3v) is 3.74. The molecule has 1 aliphatic rings. The minimum atomic E-state index is -0.201. The first-order chi connectivity index (χ1) is 10.0. The van der Waals surface area contributed by atoms with Crippen molar-refractivity contribution in [3.63, 3.8) is 0 Å². The van der Waals surface area contributed by atoms with Crippen LogP contribution in [-0.4, -0.2) is 29.6 Å². The van der Waals surface area contributed by atoms with Crippen molar-refractivity contribution in [3.05, 3.63) is 29.8 Å². The quantitative estimate of drug-likeness (QED) is 0.768. The van der Waals surface area contributed by atoms with Crippen LogP contribution < -0.4 is 10.6 Å². The predicted molar refractivity (Wildman–Crippen MR) is 80.8 cm³/mol. The number of rotatable bonds is 5. The Morgan fingerprint density at radius 2 is 1.95 bits per heavy atom. The van der Waals surface area contributed by atoms with Crippen molar-refractivity contribution >= 4 is 17.5 Å². The summed E-state index contributed by atoms with van der Waals surface area (Å²) in [6.07, 6.45) is 2.73. The van der Waals surface area contributed by atoms with Crippen molar-refractivity contribution in [2.45, 2.75) is 38.7 Å². The average Bonchev–Trinajstić information content (AvgIpc) is 2.84. The zero-order chi connectivity index (χ0) is 15.2. The van der Waals surface area contributed by atoms with E-state index in [0.29, 0.717) is 18.9 Å². The van der Waals surface area contributed by atoms with E-state index >= 15 is 0 Å². The lowest BCUT2D eigenvalue weighted by atomic mass is 10.1. The zero-order valence-corrected chi connectivity index (χ0v) is 12.3. The Hall–Kier alpha value is -1.88. The molecule has 1 fully saturated rings. The summed E-state index contributed by atoms with van der Waals surface area (Å²) in [5, 5.41) is 15.1. The molecule has 21 heavy (non-hydrogen) atoms. The van der Waals surface area contributed by atoms with E-state index in [-0.39, 0.29) is 17.9 Å². The molecule has 2 rings (SSSR count). The van der Waals surface area contributed by atoms with Gasteiger partial charge in [0.25, 0.3) is 0 Å². The Bertz CT molecular complexity index is 499. The van der Waals surface area contributed by atoms with Crippen LogP contribution in [0.4, 0.5) is 5.69 Å². The molecule has 0 saturated heterocycles. The van der Waals surface area contributed by atoms with E-state index in [2.05, 4.69) is 10.6 Å². The van der Waals surface area contributed by atoms with Crippen molar-refractivity contribution in [2.24, 2.45) is 5.92 Å². The SMILES string of the molecule is CC(=O)Nc1ccc(CC(=O)NCC2CCC(O)C2)cc1. The van der Waals surface area contributed by atoms with Crippen LogP contribution in [0.15, 0.2) is 24.3 Å². The van der Waals surface area contributed by atoms with Gasteiger partial charge < -0.3 is 15.7 Å². The highest BCUT2D eigenvalue weighted by Crippen LogP contribution is 2.24. The number of carbonyl (C=O) groups is 2. The van der Waals surface area contributed by atoms with Crippen molar-refractivity contribution in [1.82, 2.24) is 5.32 Å². The maximum absolute atomic E-state index is 11.9. The summed E-state index contributed by atoms with van der Waals surface area (Å²) in [6.45, 7) is 2.10. The van der Waals surface area contributed by atoms with Crippen LogP contribution in [-0.2, 0) is 16.0 Å². The van der Waals surface area contributed by atoms with Gasteiger partial charge in [-0.1, -0.05) is 12.1 Å². The first-order valence-electron chi connectivity index (χ1n) is 7.34. The van der Waals surface area contributed by atoms with Gasteiger partial charge in [-0.25, -0.2) is 0 Å². The minimum absolute atomic E-state index is 0.0105. The lowest BCUT2D eigenvalue weighted by molar-refractivity contribution is -0.120. The highest BCUT2D eigenvalue weighted by atomic mass is 16.3. The van der Waals surface area contributed by atoms with Gasteiger partial charge >= 0.3 is 0 Å². The van der Waals surface area contributed by atoms with Crippen LogP contribution in [0.2, 0.25) is 0 Å². The highest BCUT2D eigenvalue weighted by molar-refractivity contribution is 5.88. The maximum Gasteiger partial charge on any atom is 0.224 e. The lowest BCUT2D eigenvalue weighted by Crippen LogP contribution is -2.29. The average molecular weight is 290 g/mol. The van der Waals surface area contributed by atoms with Gasteiger partial charge in [-0.3, -0.25) is 9.59 Å². The Morgan fingerprint density at radius 3 is 2.52 bits per heavy atom. The summed E-state index contributed by atoms with van der Waals surface area (Å²) < 4.78 is 0. The second-order valence-electron chi connectivity index (χ2n) is 5.69. The van der Waals surface area contributed by atoms with Gasteiger partial charge in [-0.15, -0.1) is 0 Å². The number of aliphatic hydroxyl groups is 1. The van der Waals surface area contributed by atoms with E-state index in [9.17, 15) is 14.7 Å². The molecule has 1 aliphatic carbocycles. The number of benzene rings is 1. The van der Waals surface area contributed by atoms with Gasteiger partial charge in [0.15, 0.2) is 0 Å². The number of aliphatic hydroxyl groups excluding tert-OH is 1. The fourth-order valence-electron chi connectivity index (χ4n) is 2.65. The Kier molecular flexibility index (Phi) is 5.33. The second kappa shape index (κ2) is 7.22. The van der Waals surface area contributed by atoms with Crippen LogP contribution in [0.5, 0.6) is 0 Å². The monoisotopic (exact) mass is 290 g/mol. The molecule has 5 heteroatoms. The zero-order valence-electron chi connectivity index (χ0n) is 12.3. The minimum Gasteiger partial charge on any atom is -0.393 e. The molecule has 2 unspecified atom stereocenters. The second-order valence-corrected chi connectivity index (χ2v) is 5.69. The van der Waals surface area contributed by atoms with Crippen molar-refractivity contribution in [2.75, 3.05) is 11.9 Å². The molecule has 1 saturated carbocycles. The maximum atomic E-state index is 11.9. The molecule has 1 aromatic carbocycles. The van der Waals surface area contributed by atoms with Crippen molar-refractivity contribution in [1.29, 1.82) is 0 Å².